The second kappa shape index (κ2) is 6.30. The zero-order chi connectivity index (χ0) is 14.5. The molecule has 0 saturated heterocycles. The summed E-state index contributed by atoms with van der Waals surface area (Å²) in [5.74, 6) is 0. The Morgan fingerprint density at radius 1 is 1.20 bits per heavy atom. The van der Waals surface area contributed by atoms with Crippen LogP contribution in [0.3, 0.4) is 0 Å². The smallest absolute Gasteiger partial charge is 0.323 e. The molecule has 4 N–H and O–H groups in total. The second-order valence-electron chi connectivity index (χ2n) is 4.33. The first-order valence-electron chi connectivity index (χ1n) is 6.31. The van der Waals surface area contributed by atoms with Gasteiger partial charge in [-0.15, -0.1) is 0 Å². The molecule has 2 aromatic carbocycles. The van der Waals surface area contributed by atoms with Crippen LogP contribution in [0, 0.1) is 0 Å². The lowest BCUT2D eigenvalue weighted by Crippen LogP contribution is -2.19. The summed E-state index contributed by atoms with van der Waals surface area (Å²) >= 11 is 5.97. The molecule has 0 radical (unpaired) electrons. The number of carbonyl (C=O) groups is 1. The number of nitrogen functional groups attached to an aromatic ring is 1. The number of anilines is 3. The fourth-order valence-electron chi connectivity index (χ4n) is 1.84. The summed E-state index contributed by atoms with van der Waals surface area (Å²) in [5.41, 5.74) is 8.82. The normalized spacial score (nSPS) is 10.1. The summed E-state index contributed by atoms with van der Waals surface area (Å²) in [6, 6.07) is 12.2. The summed E-state index contributed by atoms with van der Waals surface area (Å²) in [5, 5.41) is 5.89. The number of hydrogen-bond donors (Lipinski definition) is 3. The lowest BCUT2D eigenvalue weighted by atomic mass is 10.1. The number of para-hydroxylation sites is 1. The van der Waals surface area contributed by atoms with Crippen molar-refractivity contribution in [3.63, 3.8) is 0 Å². The van der Waals surface area contributed by atoms with Gasteiger partial charge in [-0.3, -0.25) is 0 Å². The van der Waals surface area contributed by atoms with Crippen LogP contribution in [0.15, 0.2) is 42.5 Å². The minimum atomic E-state index is -0.359. The Kier molecular flexibility index (Phi) is 4.48. The predicted octanol–water partition coefficient (Wildman–Crippen LogP) is 4.13. The Morgan fingerprint density at radius 2 is 1.95 bits per heavy atom. The van der Waals surface area contributed by atoms with Crippen molar-refractivity contribution in [2.45, 2.75) is 13.3 Å². The van der Waals surface area contributed by atoms with E-state index in [2.05, 4.69) is 10.6 Å². The van der Waals surface area contributed by atoms with Crippen molar-refractivity contribution in [1.82, 2.24) is 0 Å². The Bertz CT molecular complexity index is 628. The molecule has 0 aliphatic rings. The van der Waals surface area contributed by atoms with E-state index in [1.807, 2.05) is 19.1 Å². The number of nitrogens with two attached hydrogens (primary N) is 1. The fraction of sp³-hybridized carbons (Fsp3) is 0.133. The lowest BCUT2D eigenvalue weighted by Gasteiger charge is -2.10. The van der Waals surface area contributed by atoms with E-state index in [4.69, 9.17) is 17.3 Å². The summed E-state index contributed by atoms with van der Waals surface area (Å²) in [6.45, 7) is 2.03. The van der Waals surface area contributed by atoms with E-state index < -0.39 is 0 Å². The quantitative estimate of drug-likeness (QED) is 0.744. The third-order valence-electron chi connectivity index (χ3n) is 2.91. The molecule has 0 unspecified atom stereocenters. The molecule has 0 aliphatic carbocycles. The second-order valence-corrected chi connectivity index (χ2v) is 4.73. The highest BCUT2D eigenvalue weighted by Crippen LogP contribution is 2.22. The monoisotopic (exact) mass is 289 g/mol. The zero-order valence-corrected chi connectivity index (χ0v) is 11.9. The minimum Gasteiger partial charge on any atom is -0.398 e. The fourth-order valence-corrected chi connectivity index (χ4v) is 2.02. The molecule has 20 heavy (non-hydrogen) atoms. The molecule has 0 atom stereocenters. The highest BCUT2D eigenvalue weighted by Gasteiger charge is 2.06. The van der Waals surface area contributed by atoms with Gasteiger partial charge in [-0.1, -0.05) is 36.7 Å². The van der Waals surface area contributed by atoms with Crippen molar-refractivity contribution in [2.24, 2.45) is 0 Å². The van der Waals surface area contributed by atoms with Gasteiger partial charge < -0.3 is 16.4 Å². The molecule has 0 aromatic heterocycles. The number of amides is 2. The number of aryl methyl sites for hydroxylation is 1. The van der Waals surface area contributed by atoms with Gasteiger partial charge in [0.2, 0.25) is 0 Å². The predicted molar refractivity (Wildman–Crippen MR) is 84.3 cm³/mol. The first kappa shape index (κ1) is 14.2. The van der Waals surface area contributed by atoms with E-state index in [1.165, 1.54) is 0 Å². The summed E-state index contributed by atoms with van der Waals surface area (Å²) in [4.78, 5) is 11.9. The van der Waals surface area contributed by atoms with Crippen molar-refractivity contribution < 1.29 is 4.79 Å². The molecule has 104 valence electrons. The molecule has 2 aromatic rings. The molecular formula is C15H16ClN3O. The highest BCUT2D eigenvalue weighted by molar-refractivity contribution is 6.33. The van der Waals surface area contributed by atoms with Crippen LogP contribution in [0.1, 0.15) is 12.5 Å². The highest BCUT2D eigenvalue weighted by atomic mass is 35.5. The maximum atomic E-state index is 11.9. The van der Waals surface area contributed by atoms with E-state index in [-0.39, 0.29) is 6.03 Å². The molecule has 2 rings (SSSR count). The van der Waals surface area contributed by atoms with Crippen LogP contribution in [0.25, 0.3) is 0 Å². The SMILES string of the molecule is CCc1ccc(NC(=O)Nc2ccccc2Cl)cc1N. The van der Waals surface area contributed by atoms with E-state index in [0.29, 0.717) is 22.1 Å². The first-order chi connectivity index (χ1) is 9.60. The van der Waals surface area contributed by atoms with Gasteiger partial charge >= 0.3 is 6.03 Å². The van der Waals surface area contributed by atoms with Crippen LogP contribution in [0.5, 0.6) is 0 Å². The zero-order valence-electron chi connectivity index (χ0n) is 11.1. The Hall–Kier alpha value is -2.20. The molecule has 0 aliphatic heterocycles. The van der Waals surface area contributed by atoms with Crippen molar-refractivity contribution in [3.8, 4) is 0 Å². The molecule has 0 saturated carbocycles. The van der Waals surface area contributed by atoms with Crippen molar-refractivity contribution >= 4 is 34.7 Å². The standard InChI is InChI=1S/C15H16ClN3O/c1-2-10-7-8-11(9-13(10)17)18-15(20)19-14-6-4-3-5-12(14)16/h3-9H,2,17H2,1H3,(H2,18,19,20). The number of rotatable bonds is 3. The van der Waals surface area contributed by atoms with Gasteiger partial charge in [-0.2, -0.15) is 0 Å². The van der Waals surface area contributed by atoms with E-state index >= 15 is 0 Å². The van der Waals surface area contributed by atoms with E-state index in [9.17, 15) is 4.79 Å². The maximum absolute atomic E-state index is 11.9. The van der Waals surface area contributed by atoms with Crippen molar-refractivity contribution in [1.29, 1.82) is 0 Å². The minimum absolute atomic E-state index is 0.359. The van der Waals surface area contributed by atoms with Crippen LogP contribution in [-0.4, -0.2) is 6.03 Å². The number of halogens is 1. The molecular weight excluding hydrogens is 274 g/mol. The van der Waals surface area contributed by atoms with Gasteiger partial charge in [0.1, 0.15) is 0 Å². The number of benzene rings is 2. The van der Waals surface area contributed by atoms with Gasteiger partial charge in [0.15, 0.2) is 0 Å². The number of carbonyl (C=O) groups excluding carboxylic acids is 1. The summed E-state index contributed by atoms with van der Waals surface area (Å²) in [7, 11) is 0. The molecule has 0 fully saturated rings. The van der Waals surface area contributed by atoms with Crippen molar-refractivity contribution in [2.75, 3.05) is 16.4 Å². The molecule has 5 heteroatoms. The number of nitrogens with one attached hydrogen (secondary N) is 2. The average molecular weight is 290 g/mol. The van der Waals surface area contributed by atoms with Crippen LogP contribution in [0.2, 0.25) is 5.02 Å². The number of urea groups is 1. The van der Waals surface area contributed by atoms with Gasteiger partial charge in [-0.25, -0.2) is 4.79 Å². The van der Waals surface area contributed by atoms with E-state index in [0.717, 1.165) is 12.0 Å². The molecule has 0 spiro atoms. The lowest BCUT2D eigenvalue weighted by molar-refractivity contribution is 0.262. The van der Waals surface area contributed by atoms with Gasteiger partial charge in [0.25, 0.3) is 0 Å². The largest absolute Gasteiger partial charge is 0.398 e. The molecule has 4 nitrogen and oxygen atoms in total. The third kappa shape index (κ3) is 3.42. The summed E-state index contributed by atoms with van der Waals surface area (Å²) in [6.07, 6.45) is 0.859. The van der Waals surface area contributed by atoms with Gasteiger partial charge in [0.05, 0.1) is 10.7 Å². The van der Waals surface area contributed by atoms with Gasteiger partial charge in [-0.05, 0) is 36.2 Å². The van der Waals surface area contributed by atoms with Gasteiger partial charge in [0, 0.05) is 11.4 Å². The van der Waals surface area contributed by atoms with Crippen LogP contribution in [-0.2, 0) is 6.42 Å². The molecule has 0 bridgehead atoms. The average Bonchev–Trinajstić information content (AvgIpc) is 2.41. The summed E-state index contributed by atoms with van der Waals surface area (Å²) < 4.78 is 0. The first-order valence-corrected chi connectivity index (χ1v) is 6.69. The van der Waals surface area contributed by atoms with Crippen molar-refractivity contribution in [3.05, 3.63) is 53.1 Å². The Labute approximate surface area is 122 Å². The molecule has 0 heterocycles. The number of hydrogen-bond acceptors (Lipinski definition) is 2. The maximum Gasteiger partial charge on any atom is 0.323 e. The van der Waals surface area contributed by atoms with Crippen LogP contribution >= 0.6 is 11.6 Å². The van der Waals surface area contributed by atoms with Crippen LogP contribution < -0.4 is 16.4 Å². The Balaban J connectivity index is 2.05. The Morgan fingerprint density at radius 3 is 2.60 bits per heavy atom. The topological polar surface area (TPSA) is 67.2 Å². The van der Waals surface area contributed by atoms with Crippen LogP contribution in [0.4, 0.5) is 21.9 Å². The van der Waals surface area contributed by atoms with E-state index in [1.54, 1.807) is 30.3 Å². The molecule has 2 amide bonds. The third-order valence-corrected chi connectivity index (χ3v) is 3.24.